The molecule has 0 fully saturated rings. The van der Waals surface area contributed by atoms with E-state index in [1.807, 2.05) is 18.2 Å². The summed E-state index contributed by atoms with van der Waals surface area (Å²) in [5.41, 5.74) is 3.46. The molecule has 2 aromatic carbocycles. The van der Waals surface area contributed by atoms with Crippen molar-refractivity contribution in [3.8, 4) is 29.6 Å². The maximum atomic E-state index is 12.7. The van der Waals surface area contributed by atoms with Crippen LogP contribution in [0.1, 0.15) is 29.2 Å². The van der Waals surface area contributed by atoms with E-state index >= 15 is 0 Å². The van der Waals surface area contributed by atoms with E-state index in [-0.39, 0.29) is 18.5 Å². The summed E-state index contributed by atoms with van der Waals surface area (Å²) in [7, 11) is 4.69. The average molecular weight is 408 g/mol. The van der Waals surface area contributed by atoms with E-state index in [2.05, 4.69) is 34.3 Å². The first-order valence-electron chi connectivity index (χ1n) is 9.92. The number of terminal acetylenes is 1. The maximum Gasteiger partial charge on any atom is 0.234 e. The zero-order valence-electron chi connectivity index (χ0n) is 17.7. The number of hydrogen-bond acceptors (Lipinski definition) is 5. The fraction of sp³-hybridized carbons (Fsp3) is 0.375. The van der Waals surface area contributed by atoms with Gasteiger partial charge in [0, 0.05) is 12.6 Å². The molecule has 1 aliphatic carbocycles. The van der Waals surface area contributed by atoms with Gasteiger partial charge >= 0.3 is 0 Å². The van der Waals surface area contributed by atoms with Crippen molar-refractivity contribution >= 4 is 5.91 Å². The maximum absolute atomic E-state index is 12.7. The molecule has 6 nitrogen and oxygen atoms in total. The zero-order valence-corrected chi connectivity index (χ0v) is 17.7. The third kappa shape index (κ3) is 4.69. The molecule has 158 valence electrons. The Kier molecular flexibility index (Phi) is 7.21. The number of rotatable bonds is 9. The molecule has 0 aliphatic heterocycles. The number of methoxy groups -OCH3 is 3. The van der Waals surface area contributed by atoms with Gasteiger partial charge in [0.05, 0.1) is 34.4 Å². The second kappa shape index (κ2) is 10.0. The largest absolute Gasteiger partial charge is 0.493 e. The number of benzene rings is 2. The average Bonchev–Trinajstić information content (AvgIpc) is 3.20. The van der Waals surface area contributed by atoms with Gasteiger partial charge in [-0.25, -0.2) is 0 Å². The van der Waals surface area contributed by atoms with Crippen LogP contribution in [-0.4, -0.2) is 45.2 Å². The number of fused-ring (bicyclic) bond motifs is 1. The van der Waals surface area contributed by atoms with Crippen molar-refractivity contribution in [2.45, 2.75) is 25.4 Å². The highest BCUT2D eigenvalue weighted by molar-refractivity contribution is 5.78. The van der Waals surface area contributed by atoms with Crippen LogP contribution < -0.4 is 19.5 Å². The number of nitrogens with zero attached hydrogens (tertiary/aromatic N) is 1. The Bertz CT molecular complexity index is 910. The van der Waals surface area contributed by atoms with E-state index in [9.17, 15) is 4.79 Å². The predicted molar refractivity (Wildman–Crippen MR) is 116 cm³/mol. The van der Waals surface area contributed by atoms with Crippen molar-refractivity contribution in [1.29, 1.82) is 0 Å². The number of hydrogen-bond donors (Lipinski definition) is 1. The molecule has 0 radical (unpaired) electrons. The lowest BCUT2D eigenvalue weighted by atomic mass is 10.1. The van der Waals surface area contributed by atoms with E-state index in [1.54, 1.807) is 21.3 Å². The standard InChI is InChI=1S/C24H28N2O4/c1-5-12-26(20-11-10-18-8-6-7-9-19(18)20)16-23(27)25-15-17-13-21(28-2)24(30-4)22(14-17)29-3/h1,6-9,13-14,20H,10-12,15-16H2,2-4H3,(H,25,27). The quantitative estimate of drug-likeness (QED) is 0.647. The summed E-state index contributed by atoms with van der Waals surface area (Å²) in [5.74, 6) is 4.25. The second-order valence-electron chi connectivity index (χ2n) is 7.17. The van der Waals surface area contributed by atoms with Crippen LogP contribution in [0.3, 0.4) is 0 Å². The third-order valence-electron chi connectivity index (χ3n) is 5.40. The van der Waals surface area contributed by atoms with E-state index in [0.29, 0.717) is 30.3 Å². The van der Waals surface area contributed by atoms with Gasteiger partial charge in [-0.3, -0.25) is 9.69 Å². The first-order valence-corrected chi connectivity index (χ1v) is 9.92. The van der Waals surface area contributed by atoms with Crippen molar-refractivity contribution in [1.82, 2.24) is 10.2 Å². The van der Waals surface area contributed by atoms with Gasteiger partial charge in [0.25, 0.3) is 0 Å². The second-order valence-corrected chi connectivity index (χ2v) is 7.17. The number of amides is 1. The molecule has 1 N–H and O–H groups in total. The molecule has 0 spiro atoms. The summed E-state index contributed by atoms with van der Waals surface area (Å²) in [6.07, 6.45) is 7.57. The first-order chi connectivity index (χ1) is 14.6. The van der Waals surface area contributed by atoms with Gasteiger partial charge in [-0.2, -0.15) is 0 Å². The summed E-state index contributed by atoms with van der Waals surface area (Å²) in [5, 5.41) is 2.97. The Morgan fingerprint density at radius 1 is 1.17 bits per heavy atom. The van der Waals surface area contributed by atoms with Crippen molar-refractivity contribution in [2.75, 3.05) is 34.4 Å². The van der Waals surface area contributed by atoms with Crippen LogP contribution in [0.5, 0.6) is 17.2 Å². The highest BCUT2D eigenvalue weighted by Crippen LogP contribution is 2.38. The van der Waals surface area contributed by atoms with Crippen LogP contribution in [0, 0.1) is 12.3 Å². The SMILES string of the molecule is C#CCN(CC(=O)NCc1cc(OC)c(OC)c(OC)c1)C1CCc2ccccc21. The normalized spacial score (nSPS) is 14.7. The lowest BCUT2D eigenvalue weighted by Gasteiger charge is -2.27. The van der Waals surface area contributed by atoms with Gasteiger partial charge in [-0.15, -0.1) is 6.42 Å². The van der Waals surface area contributed by atoms with Crippen molar-refractivity contribution < 1.29 is 19.0 Å². The minimum absolute atomic E-state index is 0.0802. The van der Waals surface area contributed by atoms with E-state index in [4.69, 9.17) is 20.6 Å². The van der Waals surface area contributed by atoms with Gasteiger partial charge in [-0.05, 0) is 41.7 Å². The number of nitrogens with one attached hydrogen (secondary N) is 1. The Balaban J connectivity index is 1.67. The number of carbonyl (C=O) groups is 1. The highest BCUT2D eigenvalue weighted by Gasteiger charge is 2.28. The molecule has 0 saturated carbocycles. The van der Waals surface area contributed by atoms with Crippen molar-refractivity contribution in [2.24, 2.45) is 0 Å². The molecular formula is C24H28N2O4. The van der Waals surface area contributed by atoms with Crippen molar-refractivity contribution in [3.63, 3.8) is 0 Å². The van der Waals surface area contributed by atoms with Gasteiger partial charge < -0.3 is 19.5 Å². The van der Waals surface area contributed by atoms with Crippen LogP contribution in [0.2, 0.25) is 0 Å². The summed E-state index contributed by atoms with van der Waals surface area (Å²) >= 11 is 0. The summed E-state index contributed by atoms with van der Waals surface area (Å²) in [6, 6.07) is 12.2. The minimum atomic E-state index is -0.0802. The molecule has 0 saturated heterocycles. The summed E-state index contributed by atoms with van der Waals surface area (Å²) in [6.45, 7) is 1.02. The molecule has 1 amide bonds. The van der Waals surface area contributed by atoms with Gasteiger partial charge in [0.15, 0.2) is 11.5 Å². The fourth-order valence-corrected chi connectivity index (χ4v) is 3.99. The van der Waals surface area contributed by atoms with Crippen LogP contribution in [0.25, 0.3) is 0 Å². The van der Waals surface area contributed by atoms with Crippen LogP contribution in [0.4, 0.5) is 0 Å². The summed E-state index contributed by atoms with van der Waals surface area (Å²) in [4.78, 5) is 14.8. The number of carbonyl (C=O) groups excluding carboxylic acids is 1. The molecule has 0 aromatic heterocycles. The minimum Gasteiger partial charge on any atom is -0.493 e. The van der Waals surface area contributed by atoms with Crippen LogP contribution in [-0.2, 0) is 17.8 Å². The van der Waals surface area contributed by atoms with Gasteiger partial charge in [-0.1, -0.05) is 30.2 Å². The van der Waals surface area contributed by atoms with E-state index < -0.39 is 0 Å². The van der Waals surface area contributed by atoms with Gasteiger partial charge in [0.2, 0.25) is 11.7 Å². The lowest BCUT2D eigenvalue weighted by Crippen LogP contribution is -2.38. The Morgan fingerprint density at radius 3 is 2.50 bits per heavy atom. The molecule has 0 heterocycles. The Labute approximate surface area is 178 Å². The van der Waals surface area contributed by atoms with E-state index in [1.165, 1.54) is 11.1 Å². The molecule has 3 rings (SSSR count). The number of ether oxygens (including phenoxy) is 3. The smallest absolute Gasteiger partial charge is 0.234 e. The monoisotopic (exact) mass is 408 g/mol. The zero-order chi connectivity index (χ0) is 21.5. The topological polar surface area (TPSA) is 60.0 Å². The fourth-order valence-electron chi connectivity index (χ4n) is 3.99. The van der Waals surface area contributed by atoms with Crippen LogP contribution >= 0.6 is 0 Å². The first kappa shape index (κ1) is 21.5. The molecule has 1 unspecified atom stereocenters. The lowest BCUT2D eigenvalue weighted by molar-refractivity contribution is -0.122. The molecule has 0 bridgehead atoms. The molecule has 2 aromatic rings. The Morgan fingerprint density at radius 2 is 1.87 bits per heavy atom. The third-order valence-corrected chi connectivity index (χ3v) is 5.40. The van der Waals surface area contributed by atoms with Crippen LogP contribution in [0.15, 0.2) is 36.4 Å². The summed E-state index contributed by atoms with van der Waals surface area (Å²) < 4.78 is 16.1. The number of aryl methyl sites for hydroxylation is 1. The predicted octanol–water partition coefficient (Wildman–Crippen LogP) is 2.95. The molecule has 1 aliphatic rings. The molecular weight excluding hydrogens is 380 g/mol. The molecule has 30 heavy (non-hydrogen) atoms. The Hall–Kier alpha value is -3.17. The molecule has 1 atom stereocenters. The highest BCUT2D eigenvalue weighted by atomic mass is 16.5. The molecule has 6 heteroatoms. The van der Waals surface area contributed by atoms with Crippen molar-refractivity contribution in [3.05, 3.63) is 53.1 Å². The van der Waals surface area contributed by atoms with Gasteiger partial charge in [0.1, 0.15) is 0 Å². The van der Waals surface area contributed by atoms with E-state index in [0.717, 1.165) is 18.4 Å².